The highest BCUT2D eigenvalue weighted by atomic mass is 16.6. The maximum atomic E-state index is 12.3. The Balaban J connectivity index is 1.82. The van der Waals surface area contributed by atoms with E-state index < -0.39 is 16.9 Å². The summed E-state index contributed by atoms with van der Waals surface area (Å²) in [5.41, 5.74) is 0.132. The van der Waals surface area contributed by atoms with Crippen LogP contribution in [0.25, 0.3) is 0 Å². The van der Waals surface area contributed by atoms with Gasteiger partial charge in [-0.2, -0.15) is 10.1 Å². The predicted molar refractivity (Wildman–Crippen MR) is 74.0 cm³/mol. The number of nitrogens with one attached hydrogen (secondary N) is 2. The number of aromatic nitrogens is 3. The summed E-state index contributed by atoms with van der Waals surface area (Å²) < 4.78 is 1.30. The minimum absolute atomic E-state index is 0.0862. The molecule has 2 amide bonds. The molecule has 1 aromatic heterocycles. The van der Waals surface area contributed by atoms with Gasteiger partial charge in [-0.25, -0.2) is 4.68 Å². The first kappa shape index (κ1) is 13.7. The van der Waals surface area contributed by atoms with E-state index in [1.807, 2.05) is 0 Å². The van der Waals surface area contributed by atoms with Crippen molar-refractivity contribution in [1.82, 2.24) is 14.8 Å². The first-order chi connectivity index (χ1) is 10.5. The van der Waals surface area contributed by atoms with Crippen molar-refractivity contribution >= 4 is 29.1 Å². The normalized spacial score (nSPS) is 16.5. The Bertz CT molecular complexity index is 770. The Morgan fingerprint density at radius 2 is 2.32 bits per heavy atom. The molecule has 22 heavy (non-hydrogen) atoms. The van der Waals surface area contributed by atoms with Gasteiger partial charge in [-0.1, -0.05) is 6.07 Å². The molecule has 0 spiro atoms. The number of rotatable bonds is 3. The molecule has 1 aliphatic heterocycles. The number of carbonyl (C=O) groups is 2. The van der Waals surface area contributed by atoms with Crippen LogP contribution in [0.1, 0.15) is 12.5 Å². The minimum atomic E-state index is -0.856. The van der Waals surface area contributed by atoms with Gasteiger partial charge in [0.2, 0.25) is 17.8 Å². The second-order valence-electron chi connectivity index (χ2n) is 4.59. The molecule has 0 radical (unpaired) electrons. The number of nitro groups is 1. The molecule has 0 fully saturated rings. The lowest BCUT2D eigenvalue weighted by Gasteiger charge is -2.22. The average molecular weight is 302 g/mol. The first-order valence-corrected chi connectivity index (χ1v) is 6.29. The summed E-state index contributed by atoms with van der Waals surface area (Å²) in [6.07, 6.45) is 1.14. The monoisotopic (exact) mass is 302 g/mol. The highest BCUT2D eigenvalue weighted by Gasteiger charge is 2.32. The van der Waals surface area contributed by atoms with Crippen molar-refractivity contribution in [3.8, 4) is 0 Å². The van der Waals surface area contributed by atoms with Crippen LogP contribution in [0, 0.1) is 10.1 Å². The van der Waals surface area contributed by atoms with Crippen molar-refractivity contribution in [1.29, 1.82) is 0 Å². The van der Waals surface area contributed by atoms with Crippen LogP contribution in [0.2, 0.25) is 0 Å². The van der Waals surface area contributed by atoms with E-state index in [9.17, 15) is 19.7 Å². The second-order valence-corrected chi connectivity index (χ2v) is 4.59. The molecule has 2 aromatic rings. The van der Waals surface area contributed by atoms with Crippen molar-refractivity contribution in [3.05, 3.63) is 40.7 Å². The van der Waals surface area contributed by atoms with Gasteiger partial charge in [-0.3, -0.25) is 25.0 Å². The van der Waals surface area contributed by atoms with E-state index in [0.717, 1.165) is 0 Å². The van der Waals surface area contributed by atoms with E-state index in [1.54, 1.807) is 0 Å². The number of amides is 2. The first-order valence-electron chi connectivity index (χ1n) is 6.29. The molecule has 2 N–H and O–H groups in total. The Kier molecular flexibility index (Phi) is 3.26. The molecule has 0 saturated carbocycles. The van der Waals surface area contributed by atoms with Crippen molar-refractivity contribution in [2.45, 2.75) is 12.5 Å². The second kappa shape index (κ2) is 5.24. The highest BCUT2D eigenvalue weighted by molar-refractivity contribution is 6.00. The summed E-state index contributed by atoms with van der Waals surface area (Å²) in [5.74, 6) is -0.655. The number of anilines is 2. The number of benzene rings is 1. The maximum absolute atomic E-state index is 12.3. The zero-order valence-corrected chi connectivity index (χ0v) is 11.1. The number of non-ortho nitro benzene ring substituents is 1. The van der Waals surface area contributed by atoms with Gasteiger partial charge in [0.25, 0.3) is 5.69 Å². The van der Waals surface area contributed by atoms with E-state index in [-0.39, 0.29) is 29.7 Å². The summed E-state index contributed by atoms with van der Waals surface area (Å²) in [6, 6.07) is 4.69. The van der Waals surface area contributed by atoms with Crippen LogP contribution in [0.4, 0.5) is 17.3 Å². The maximum Gasteiger partial charge on any atom is 0.271 e. The summed E-state index contributed by atoms with van der Waals surface area (Å²) in [7, 11) is 0. The van der Waals surface area contributed by atoms with Gasteiger partial charge < -0.3 is 5.32 Å². The van der Waals surface area contributed by atoms with Crippen molar-refractivity contribution in [3.63, 3.8) is 0 Å². The highest BCUT2D eigenvalue weighted by Crippen LogP contribution is 2.24. The van der Waals surface area contributed by atoms with Crippen LogP contribution in [0.15, 0.2) is 30.6 Å². The number of nitro benzene ring substituents is 1. The molecule has 1 aromatic carbocycles. The summed E-state index contributed by atoms with van der Waals surface area (Å²) >= 11 is 0. The lowest BCUT2D eigenvalue weighted by atomic mass is 10.1. The number of carbonyl (C=O) groups excluding carboxylic acids is 2. The van der Waals surface area contributed by atoms with Crippen molar-refractivity contribution in [2.75, 3.05) is 10.6 Å². The minimum Gasteiger partial charge on any atom is -0.324 e. The SMILES string of the molecule is O=C1C[C@H](C(=O)Nc2cccc([N+](=O)[O-])c2)n2ncnc2N1. The van der Waals surface area contributed by atoms with E-state index in [0.29, 0.717) is 0 Å². The summed E-state index contributed by atoms with van der Waals surface area (Å²) in [4.78, 5) is 37.9. The van der Waals surface area contributed by atoms with E-state index in [2.05, 4.69) is 20.7 Å². The number of nitrogens with zero attached hydrogens (tertiary/aromatic N) is 4. The van der Waals surface area contributed by atoms with E-state index in [1.165, 1.54) is 35.3 Å². The van der Waals surface area contributed by atoms with Crippen LogP contribution >= 0.6 is 0 Å². The van der Waals surface area contributed by atoms with Crippen LogP contribution in [-0.4, -0.2) is 31.5 Å². The standard InChI is InChI=1S/C12H10N6O4/c19-10-5-9(17-12(16-10)13-6-14-17)11(20)15-7-2-1-3-8(4-7)18(21)22/h1-4,6,9H,5H2,(H,15,20)(H,13,14,16,19)/t9-/m1/s1. The van der Waals surface area contributed by atoms with Crippen molar-refractivity contribution < 1.29 is 14.5 Å². The largest absolute Gasteiger partial charge is 0.324 e. The van der Waals surface area contributed by atoms with Gasteiger partial charge >= 0.3 is 0 Å². The van der Waals surface area contributed by atoms with Gasteiger partial charge in [0.15, 0.2) is 0 Å². The molecule has 10 heteroatoms. The number of hydrogen-bond donors (Lipinski definition) is 2. The van der Waals surface area contributed by atoms with Gasteiger partial charge in [-0.15, -0.1) is 0 Å². The Hall–Kier alpha value is -3.30. The lowest BCUT2D eigenvalue weighted by molar-refractivity contribution is -0.384. The fourth-order valence-electron chi connectivity index (χ4n) is 2.13. The fourth-order valence-corrected chi connectivity index (χ4v) is 2.13. The molecule has 2 heterocycles. The van der Waals surface area contributed by atoms with E-state index in [4.69, 9.17) is 0 Å². The predicted octanol–water partition coefficient (Wildman–Crippen LogP) is 0.708. The molecular weight excluding hydrogens is 292 g/mol. The molecule has 112 valence electrons. The van der Waals surface area contributed by atoms with Crippen molar-refractivity contribution in [2.24, 2.45) is 0 Å². The third-order valence-corrected chi connectivity index (χ3v) is 3.13. The lowest BCUT2D eigenvalue weighted by Crippen LogP contribution is -2.36. The van der Waals surface area contributed by atoms with Gasteiger partial charge in [-0.05, 0) is 6.07 Å². The third-order valence-electron chi connectivity index (χ3n) is 3.13. The molecule has 0 bridgehead atoms. The van der Waals surface area contributed by atoms with Crippen LogP contribution in [-0.2, 0) is 9.59 Å². The van der Waals surface area contributed by atoms with Gasteiger partial charge in [0.05, 0.1) is 11.3 Å². The van der Waals surface area contributed by atoms with Crippen LogP contribution in [0.3, 0.4) is 0 Å². The zero-order chi connectivity index (χ0) is 15.7. The van der Waals surface area contributed by atoms with Crippen LogP contribution < -0.4 is 10.6 Å². The summed E-state index contributed by atoms with van der Waals surface area (Å²) in [6.45, 7) is 0. The molecule has 1 aliphatic rings. The average Bonchev–Trinajstić information content (AvgIpc) is 2.94. The topological polar surface area (TPSA) is 132 Å². The molecule has 0 unspecified atom stereocenters. The summed E-state index contributed by atoms with van der Waals surface area (Å²) in [5, 5.41) is 19.7. The van der Waals surface area contributed by atoms with Gasteiger partial charge in [0.1, 0.15) is 12.4 Å². The number of fused-ring (bicyclic) bond motifs is 1. The smallest absolute Gasteiger partial charge is 0.271 e. The Morgan fingerprint density at radius 3 is 3.09 bits per heavy atom. The molecule has 1 atom stereocenters. The third kappa shape index (κ3) is 2.49. The Labute approximate surface area is 123 Å². The zero-order valence-electron chi connectivity index (χ0n) is 11.1. The Morgan fingerprint density at radius 1 is 1.50 bits per heavy atom. The molecule has 0 saturated heterocycles. The molecular formula is C12H10N6O4. The van der Waals surface area contributed by atoms with E-state index >= 15 is 0 Å². The number of hydrogen-bond acceptors (Lipinski definition) is 6. The van der Waals surface area contributed by atoms with Crippen LogP contribution in [0.5, 0.6) is 0 Å². The molecule has 3 rings (SSSR count). The fraction of sp³-hybridized carbons (Fsp3) is 0.167. The molecule has 0 aliphatic carbocycles. The molecule has 10 nitrogen and oxygen atoms in total. The van der Waals surface area contributed by atoms with Gasteiger partial charge in [0, 0.05) is 17.8 Å². The quantitative estimate of drug-likeness (QED) is 0.633.